The minimum atomic E-state index is -3.98. The van der Waals surface area contributed by atoms with Gasteiger partial charge in [0.1, 0.15) is 4.90 Å². The Morgan fingerprint density at radius 2 is 1.69 bits per heavy atom. The quantitative estimate of drug-likeness (QED) is 0.247. The monoisotopic (exact) mass is 521 g/mol. The maximum absolute atomic E-state index is 12.7. The summed E-state index contributed by atoms with van der Waals surface area (Å²) in [7, 11) is -2.51. The summed E-state index contributed by atoms with van der Waals surface area (Å²) in [5.41, 5.74) is 3.67. The lowest BCUT2D eigenvalue weighted by atomic mass is 10.2. The molecule has 0 amide bonds. The Balaban J connectivity index is 1.93. The number of benzene rings is 3. The fraction of sp³-hybridized carbons (Fsp3) is 0.136. The Morgan fingerprint density at radius 1 is 1.00 bits per heavy atom. The van der Waals surface area contributed by atoms with Gasteiger partial charge in [-0.25, -0.2) is 0 Å². The number of nitrogens with zero attached hydrogens (tertiary/aromatic N) is 1. The van der Waals surface area contributed by atoms with Gasteiger partial charge in [0.25, 0.3) is 0 Å². The molecule has 0 aliphatic rings. The van der Waals surface area contributed by atoms with Crippen LogP contribution < -0.4 is 8.92 Å². The largest absolute Gasteiger partial charge is 0.493 e. The molecular formula is C22H20INO4S. The number of aryl methyl sites for hydroxylation is 2. The lowest BCUT2D eigenvalue weighted by Gasteiger charge is -2.13. The molecule has 0 fully saturated rings. The molecular weight excluding hydrogens is 501 g/mol. The smallest absolute Gasteiger partial charge is 0.339 e. The Bertz CT molecular complexity index is 1160. The molecule has 3 aromatic rings. The Morgan fingerprint density at radius 3 is 2.34 bits per heavy atom. The van der Waals surface area contributed by atoms with E-state index in [1.54, 1.807) is 30.5 Å². The van der Waals surface area contributed by atoms with Crippen LogP contribution in [-0.4, -0.2) is 21.7 Å². The van der Waals surface area contributed by atoms with Crippen molar-refractivity contribution in [2.75, 3.05) is 7.11 Å². The fourth-order valence-electron chi connectivity index (χ4n) is 2.61. The predicted octanol–water partition coefficient (Wildman–Crippen LogP) is 5.43. The molecule has 0 saturated heterocycles. The van der Waals surface area contributed by atoms with Crippen molar-refractivity contribution < 1.29 is 17.3 Å². The number of para-hydroxylation sites is 1. The second-order valence-corrected chi connectivity index (χ2v) is 9.14. The van der Waals surface area contributed by atoms with Crippen molar-refractivity contribution in [1.29, 1.82) is 0 Å². The molecule has 0 aliphatic heterocycles. The second-order valence-electron chi connectivity index (χ2n) is 6.43. The van der Waals surface area contributed by atoms with Gasteiger partial charge in [-0.15, -0.1) is 0 Å². The number of hydrogen-bond acceptors (Lipinski definition) is 5. The van der Waals surface area contributed by atoms with Gasteiger partial charge in [0, 0.05) is 6.21 Å². The van der Waals surface area contributed by atoms with Crippen molar-refractivity contribution in [2.45, 2.75) is 18.7 Å². The molecule has 0 spiro atoms. The maximum Gasteiger partial charge on any atom is 0.339 e. The SMILES string of the molecule is COc1cc(C=Nc2ccccc2C)cc(I)c1OS(=O)(=O)c1ccc(C)cc1. The number of rotatable bonds is 6. The van der Waals surface area contributed by atoms with Crippen LogP contribution in [0, 0.1) is 17.4 Å². The molecule has 3 aromatic carbocycles. The molecule has 0 radical (unpaired) electrons. The molecule has 0 aliphatic carbocycles. The van der Waals surface area contributed by atoms with Gasteiger partial charge in [0.15, 0.2) is 11.5 Å². The van der Waals surface area contributed by atoms with Gasteiger partial charge in [-0.2, -0.15) is 8.42 Å². The summed E-state index contributed by atoms with van der Waals surface area (Å²) in [6.45, 7) is 3.88. The van der Waals surface area contributed by atoms with Gasteiger partial charge in [-0.1, -0.05) is 35.9 Å². The molecule has 0 heterocycles. The van der Waals surface area contributed by atoms with E-state index in [0.717, 1.165) is 22.4 Å². The summed E-state index contributed by atoms with van der Waals surface area (Å²) in [6, 6.07) is 17.8. The van der Waals surface area contributed by atoms with Gasteiger partial charge in [-0.05, 0) is 77.9 Å². The highest BCUT2D eigenvalue weighted by Crippen LogP contribution is 2.36. The molecule has 5 nitrogen and oxygen atoms in total. The normalized spacial score (nSPS) is 11.6. The van der Waals surface area contributed by atoms with E-state index < -0.39 is 10.1 Å². The first-order valence-corrected chi connectivity index (χ1v) is 11.3. The third-order valence-corrected chi connectivity index (χ3v) is 6.26. The maximum atomic E-state index is 12.7. The molecule has 7 heteroatoms. The molecule has 0 aromatic heterocycles. The van der Waals surface area contributed by atoms with E-state index in [1.165, 1.54) is 19.2 Å². The zero-order chi connectivity index (χ0) is 21.0. The molecule has 0 atom stereocenters. The average Bonchev–Trinajstić information content (AvgIpc) is 2.69. The van der Waals surface area contributed by atoms with Crippen LogP contribution in [-0.2, 0) is 10.1 Å². The average molecular weight is 521 g/mol. The van der Waals surface area contributed by atoms with Crippen LogP contribution in [0.1, 0.15) is 16.7 Å². The van der Waals surface area contributed by atoms with Crippen molar-refractivity contribution in [2.24, 2.45) is 4.99 Å². The standard InChI is InChI=1S/C22H20INO4S/c1-15-8-10-18(11-9-15)29(25,26)28-22-19(23)12-17(13-21(22)27-3)14-24-20-7-5-4-6-16(20)2/h4-14H,1-3H3. The lowest BCUT2D eigenvalue weighted by Crippen LogP contribution is -2.11. The van der Waals surface area contributed by atoms with Crippen molar-refractivity contribution in [3.05, 3.63) is 80.9 Å². The molecule has 3 rings (SSSR count). The van der Waals surface area contributed by atoms with Crippen molar-refractivity contribution in [3.63, 3.8) is 0 Å². The number of hydrogen-bond donors (Lipinski definition) is 0. The first kappa shape index (κ1) is 21.3. The van der Waals surface area contributed by atoms with Crippen LogP contribution in [0.5, 0.6) is 11.5 Å². The van der Waals surface area contributed by atoms with E-state index in [0.29, 0.717) is 9.32 Å². The zero-order valence-electron chi connectivity index (χ0n) is 16.2. The minimum absolute atomic E-state index is 0.0890. The van der Waals surface area contributed by atoms with Crippen molar-refractivity contribution >= 4 is 44.6 Å². The minimum Gasteiger partial charge on any atom is -0.493 e. The predicted molar refractivity (Wildman–Crippen MR) is 123 cm³/mol. The fourth-order valence-corrected chi connectivity index (χ4v) is 4.45. The third-order valence-electron chi connectivity index (χ3n) is 4.22. The van der Waals surface area contributed by atoms with Gasteiger partial charge < -0.3 is 8.92 Å². The van der Waals surface area contributed by atoms with Crippen LogP contribution in [0.15, 0.2) is 70.6 Å². The number of aliphatic imine (C=N–C) groups is 1. The number of methoxy groups -OCH3 is 1. The van der Waals surface area contributed by atoms with Gasteiger partial charge in [0.2, 0.25) is 0 Å². The van der Waals surface area contributed by atoms with Crippen molar-refractivity contribution in [1.82, 2.24) is 0 Å². The van der Waals surface area contributed by atoms with Crippen molar-refractivity contribution in [3.8, 4) is 11.5 Å². The van der Waals surface area contributed by atoms with Gasteiger partial charge >= 0.3 is 10.1 Å². The molecule has 0 bridgehead atoms. The van der Waals surface area contributed by atoms with Crippen LogP contribution in [0.3, 0.4) is 0 Å². The van der Waals surface area contributed by atoms with E-state index in [9.17, 15) is 8.42 Å². The lowest BCUT2D eigenvalue weighted by molar-refractivity contribution is 0.389. The summed E-state index contributed by atoms with van der Waals surface area (Å²) >= 11 is 2.03. The van der Waals surface area contributed by atoms with Crippen LogP contribution >= 0.6 is 22.6 Å². The van der Waals surface area contributed by atoms with Crippen LogP contribution in [0.4, 0.5) is 5.69 Å². The zero-order valence-corrected chi connectivity index (χ0v) is 19.2. The Labute approximate surface area is 184 Å². The van der Waals surface area contributed by atoms with E-state index in [4.69, 9.17) is 8.92 Å². The van der Waals surface area contributed by atoms with Crippen LogP contribution in [0.25, 0.3) is 0 Å². The summed E-state index contributed by atoms with van der Waals surface area (Å²) < 4.78 is 36.7. The Hall–Kier alpha value is -2.39. The summed E-state index contributed by atoms with van der Waals surface area (Å²) in [5.74, 6) is 0.473. The number of ether oxygens (including phenoxy) is 1. The Kier molecular flexibility index (Phi) is 6.59. The first-order valence-electron chi connectivity index (χ1n) is 8.78. The molecule has 0 saturated carbocycles. The second kappa shape index (κ2) is 8.96. The van der Waals surface area contributed by atoms with Gasteiger partial charge in [0.05, 0.1) is 16.4 Å². The highest BCUT2D eigenvalue weighted by atomic mass is 127. The molecule has 0 unspecified atom stereocenters. The molecule has 150 valence electrons. The van der Waals surface area contributed by atoms with Crippen LogP contribution in [0.2, 0.25) is 0 Å². The highest BCUT2D eigenvalue weighted by Gasteiger charge is 2.21. The van der Waals surface area contributed by atoms with E-state index in [-0.39, 0.29) is 10.6 Å². The van der Waals surface area contributed by atoms with E-state index in [2.05, 4.69) is 4.99 Å². The first-order chi connectivity index (χ1) is 13.8. The highest BCUT2D eigenvalue weighted by molar-refractivity contribution is 14.1. The van der Waals surface area contributed by atoms with E-state index in [1.807, 2.05) is 60.7 Å². The molecule has 29 heavy (non-hydrogen) atoms. The summed E-state index contributed by atoms with van der Waals surface area (Å²) in [5, 5.41) is 0. The van der Waals surface area contributed by atoms with E-state index >= 15 is 0 Å². The molecule has 0 N–H and O–H groups in total. The third kappa shape index (κ3) is 5.16. The summed E-state index contributed by atoms with van der Waals surface area (Å²) in [4.78, 5) is 4.60. The topological polar surface area (TPSA) is 65.0 Å². The summed E-state index contributed by atoms with van der Waals surface area (Å²) in [6.07, 6.45) is 1.71. The number of halogens is 1. The van der Waals surface area contributed by atoms with Gasteiger partial charge in [-0.3, -0.25) is 4.99 Å².